The first-order valence-corrected chi connectivity index (χ1v) is 6.73. The van der Waals surface area contributed by atoms with Crippen LogP contribution in [-0.2, 0) is 0 Å². The average Bonchev–Trinajstić information content (AvgIpc) is 2.41. The van der Waals surface area contributed by atoms with E-state index in [4.69, 9.17) is 11.6 Å². The van der Waals surface area contributed by atoms with Crippen molar-refractivity contribution in [2.75, 3.05) is 24.5 Å². The molecule has 1 aliphatic heterocycles. The van der Waals surface area contributed by atoms with Gasteiger partial charge in [-0.2, -0.15) is 0 Å². The van der Waals surface area contributed by atoms with E-state index in [0.29, 0.717) is 19.1 Å². The second-order valence-electron chi connectivity index (χ2n) is 5.54. The largest absolute Gasteiger partial charge is 0.387 e. The molecule has 100 valence electrons. The zero-order valence-corrected chi connectivity index (χ0v) is 12.0. The molecule has 4 heteroatoms. The normalized spacial score (nSPS) is 29.2. The van der Waals surface area contributed by atoms with Crippen molar-refractivity contribution in [3.8, 4) is 0 Å². The van der Waals surface area contributed by atoms with Crippen molar-refractivity contribution in [1.82, 2.24) is 5.32 Å². The maximum atomic E-state index is 10.3. The molecule has 1 aromatic carbocycles. The van der Waals surface area contributed by atoms with E-state index in [2.05, 4.69) is 24.1 Å². The molecule has 1 heterocycles. The molecular formula is C14H21ClN2O. The van der Waals surface area contributed by atoms with Gasteiger partial charge in [0.1, 0.15) is 0 Å². The monoisotopic (exact) mass is 268 g/mol. The molecule has 0 spiro atoms. The quantitative estimate of drug-likeness (QED) is 0.820. The Hall–Kier alpha value is -0.770. The summed E-state index contributed by atoms with van der Waals surface area (Å²) in [6.07, 6.45) is 0. The van der Waals surface area contributed by atoms with Crippen LogP contribution in [0.25, 0.3) is 0 Å². The summed E-state index contributed by atoms with van der Waals surface area (Å²) in [5, 5.41) is 14.4. The van der Waals surface area contributed by atoms with E-state index in [1.165, 1.54) is 5.56 Å². The van der Waals surface area contributed by atoms with Gasteiger partial charge in [0.25, 0.3) is 0 Å². The zero-order chi connectivity index (χ0) is 13.3. The third-order valence-electron chi connectivity index (χ3n) is 3.47. The first-order valence-electron chi connectivity index (χ1n) is 6.35. The number of β-amino-alcohol motifs (C(OH)–C–C–N with tert-alkyl or cyclic N) is 1. The molecule has 0 bridgehead atoms. The van der Waals surface area contributed by atoms with Crippen LogP contribution < -0.4 is 10.2 Å². The fourth-order valence-electron chi connectivity index (χ4n) is 2.45. The molecular weight excluding hydrogens is 248 g/mol. The molecule has 2 unspecified atom stereocenters. The first-order chi connectivity index (χ1) is 8.39. The Kier molecular flexibility index (Phi) is 3.85. The molecule has 2 rings (SSSR count). The van der Waals surface area contributed by atoms with Gasteiger partial charge in [-0.1, -0.05) is 17.7 Å². The van der Waals surface area contributed by atoms with E-state index in [1.807, 2.05) is 25.1 Å². The van der Waals surface area contributed by atoms with E-state index in [1.54, 1.807) is 0 Å². The summed E-state index contributed by atoms with van der Waals surface area (Å²) in [7, 11) is 0. The van der Waals surface area contributed by atoms with Crippen molar-refractivity contribution in [2.24, 2.45) is 0 Å². The third kappa shape index (κ3) is 2.97. The summed E-state index contributed by atoms with van der Waals surface area (Å²) in [6, 6.07) is 6.24. The van der Waals surface area contributed by atoms with Gasteiger partial charge >= 0.3 is 0 Å². The molecule has 0 amide bonds. The number of aryl methyl sites for hydroxylation is 1. The highest BCUT2D eigenvalue weighted by Gasteiger charge is 2.30. The fraction of sp³-hybridized carbons (Fsp3) is 0.571. The van der Waals surface area contributed by atoms with Gasteiger partial charge in [-0.3, -0.25) is 0 Å². The van der Waals surface area contributed by atoms with Gasteiger partial charge in [-0.05, 0) is 38.5 Å². The summed E-state index contributed by atoms with van der Waals surface area (Å²) < 4.78 is 0. The van der Waals surface area contributed by atoms with Crippen molar-refractivity contribution < 1.29 is 5.11 Å². The van der Waals surface area contributed by atoms with Crippen LogP contribution in [0.4, 0.5) is 5.69 Å². The van der Waals surface area contributed by atoms with Crippen LogP contribution in [0, 0.1) is 6.92 Å². The Balaban J connectivity index is 2.36. The molecule has 0 aromatic heterocycles. The summed E-state index contributed by atoms with van der Waals surface area (Å²) in [4.78, 5) is 2.24. The molecule has 1 aromatic rings. The maximum Gasteiger partial charge on any atom is 0.0917 e. The van der Waals surface area contributed by atoms with Crippen molar-refractivity contribution in [3.63, 3.8) is 0 Å². The smallest absolute Gasteiger partial charge is 0.0917 e. The van der Waals surface area contributed by atoms with Crippen molar-refractivity contribution in [2.45, 2.75) is 32.4 Å². The van der Waals surface area contributed by atoms with E-state index in [-0.39, 0.29) is 0 Å². The standard InChI is InChI=1S/C14H21ClN2O/c1-10-4-5-12(15)6-13(10)17-9-14(3,18)8-16-7-11(17)2/h4-6,11,16,18H,7-9H2,1-3H3. The molecule has 18 heavy (non-hydrogen) atoms. The molecule has 0 radical (unpaired) electrons. The van der Waals surface area contributed by atoms with Gasteiger partial charge in [0, 0.05) is 36.4 Å². The number of rotatable bonds is 1. The Morgan fingerprint density at radius 2 is 2.22 bits per heavy atom. The second-order valence-corrected chi connectivity index (χ2v) is 5.97. The molecule has 3 nitrogen and oxygen atoms in total. The van der Waals surface area contributed by atoms with Crippen LogP contribution in [0.5, 0.6) is 0 Å². The highest BCUT2D eigenvalue weighted by molar-refractivity contribution is 6.30. The molecule has 1 aliphatic rings. The summed E-state index contributed by atoms with van der Waals surface area (Å²) in [5.74, 6) is 0. The third-order valence-corrected chi connectivity index (χ3v) is 3.70. The Morgan fingerprint density at radius 3 is 2.94 bits per heavy atom. The van der Waals surface area contributed by atoms with Crippen LogP contribution in [0.15, 0.2) is 18.2 Å². The number of benzene rings is 1. The lowest BCUT2D eigenvalue weighted by molar-refractivity contribution is 0.0726. The second kappa shape index (κ2) is 5.08. The van der Waals surface area contributed by atoms with Gasteiger partial charge in [-0.15, -0.1) is 0 Å². The predicted octanol–water partition coefficient (Wildman–Crippen LogP) is 2.20. The van der Waals surface area contributed by atoms with E-state index in [0.717, 1.165) is 17.3 Å². The van der Waals surface area contributed by atoms with Gasteiger partial charge in [0.2, 0.25) is 0 Å². The zero-order valence-electron chi connectivity index (χ0n) is 11.2. The number of nitrogens with one attached hydrogen (secondary N) is 1. The summed E-state index contributed by atoms with van der Waals surface area (Å²) in [6.45, 7) is 8.20. The number of hydrogen-bond donors (Lipinski definition) is 2. The van der Waals surface area contributed by atoms with Crippen LogP contribution in [0.1, 0.15) is 19.4 Å². The van der Waals surface area contributed by atoms with Crippen molar-refractivity contribution in [3.05, 3.63) is 28.8 Å². The van der Waals surface area contributed by atoms with E-state index < -0.39 is 5.60 Å². The van der Waals surface area contributed by atoms with E-state index in [9.17, 15) is 5.11 Å². The van der Waals surface area contributed by atoms with Gasteiger partial charge in [-0.25, -0.2) is 0 Å². The number of anilines is 1. The highest BCUT2D eigenvalue weighted by atomic mass is 35.5. The lowest BCUT2D eigenvalue weighted by Crippen LogP contribution is -2.45. The van der Waals surface area contributed by atoms with Crippen LogP contribution in [-0.4, -0.2) is 36.4 Å². The summed E-state index contributed by atoms with van der Waals surface area (Å²) >= 11 is 6.09. The number of nitrogens with zero attached hydrogens (tertiary/aromatic N) is 1. The maximum absolute atomic E-state index is 10.3. The highest BCUT2D eigenvalue weighted by Crippen LogP contribution is 2.28. The molecule has 0 saturated carbocycles. The molecule has 2 N–H and O–H groups in total. The van der Waals surface area contributed by atoms with E-state index >= 15 is 0 Å². The van der Waals surface area contributed by atoms with Gasteiger partial charge in [0.15, 0.2) is 0 Å². The van der Waals surface area contributed by atoms with Gasteiger partial charge in [0.05, 0.1) is 5.60 Å². The van der Waals surface area contributed by atoms with Crippen LogP contribution in [0.2, 0.25) is 5.02 Å². The minimum Gasteiger partial charge on any atom is -0.387 e. The topological polar surface area (TPSA) is 35.5 Å². The lowest BCUT2D eigenvalue weighted by Gasteiger charge is -2.34. The molecule has 0 aliphatic carbocycles. The number of aliphatic hydroxyl groups is 1. The predicted molar refractivity (Wildman–Crippen MR) is 76.5 cm³/mol. The number of hydrogen-bond acceptors (Lipinski definition) is 3. The minimum atomic E-state index is -0.723. The van der Waals surface area contributed by atoms with Crippen molar-refractivity contribution in [1.29, 1.82) is 0 Å². The minimum absolute atomic E-state index is 0.330. The molecule has 2 atom stereocenters. The average molecular weight is 269 g/mol. The molecule has 1 fully saturated rings. The Bertz CT molecular complexity index is 434. The van der Waals surface area contributed by atoms with Crippen LogP contribution in [0.3, 0.4) is 0 Å². The SMILES string of the molecule is Cc1ccc(Cl)cc1N1CC(C)(O)CNCC1C. The first kappa shape index (κ1) is 13.7. The Morgan fingerprint density at radius 1 is 1.50 bits per heavy atom. The fourth-order valence-corrected chi connectivity index (χ4v) is 2.62. The summed E-state index contributed by atoms with van der Waals surface area (Å²) in [5.41, 5.74) is 1.57. The van der Waals surface area contributed by atoms with Crippen molar-refractivity contribution >= 4 is 17.3 Å². The Labute approximate surface area is 114 Å². The number of halogens is 1. The van der Waals surface area contributed by atoms with Crippen LogP contribution >= 0.6 is 11.6 Å². The lowest BCUT2D eigenvalue weighted by atomic mass is 10.1. The van der Waals surface area contributed by atoms with Gasteiger partial charge < -0.3 is 15.3 Å². The molecule has 1 saturated heterocycles.